The molecule has 1 aliphatic heterocycles. The van der Waals surface area contributed by atoms with Crippen LogP contribution < -0.4 is 10.6 Å². The van der Waals surface area contributed by atoms with Gasteiger partial charge in [-0.05, 0) is 32.0 Å². The van der Waals surface area contributed by atoms with Gasteiger partial charge in [0.2, 0.25) is 11.9 Å². The van der Waals surface area contributed by atoms with Gasteiger partial charge in [-0.1, -0.05) is 0 Å². The Bertz CT molecular complexity index is 1290. The number of aliphatic hydroxyl groups excluding tert-OH is 1. The molecule has 4 unspecified atom stereocenters. The summed E-state index contributed by atoms with van der Waals surface area (Å²) in [5.74, 6) is -3.41. The van der Waals surface area contributed by atoms with E-state index in [0.29, 0.717) is 25.2 Å². The molecule has 1 aliphatic carbocycles. The Morgan fingerprint density at radius 2 is 2.00 bits per heavy atom. The molecule has 0 bridgehead atoms. The van der Waals surface area contributed by atoms with Crippen LogP contribution in [0.15, 0.2) is 18.3 Å². The number of aliphatic hydroxyl groups is 1. The summed E-state index contributed by atoms with van der Waals surface area (Å²) in [6.45, 7) is 0.712. The Morgan fingerprint density at radius 1 is 1.19 bits per heavy atom. The van der Waals surface area contributed by atoms with Crippen molar-refractivity contribution in [2.24, 2.45) is 0 Å². The predicted octanol–water partition coefficient (Wildman–Crippen LogP) is 3.66. The second-order valence-corrected chi connectivity index (χ2v) is 7.61. The van der Waals surface area contributed by atoms with Crippen LogP contribution in [0.4, 0.5) is 30.8 Å². The van der Waals surface area contributed by atoms with Gasteiger partial charge in [-0.15, -0.1) is 0 Å². The van der Waals surface area contributed by atoms with Gasteiger partial charge in [0.05, 0.1) is 26.3 Å². The van der Waals surface area contributed by atoms with Crippen molar-refractivity contribution in [2.75, 3.05) is 23.8 Å². The van der Waals surface area contributed by atoms with Crippen molar-refractivity contribution in [3.8, 4) is 0 Å². The fraction of sp³-hybridized carbons (Fsp3) is 0.476. The van der Waals surface area contributed by atoms with E-state index in [1.165, 1.54) is 6.20 Å². The van der Waals surface area contributed by atoms with Crippen LogP contribution in [0.5, 0.6) is 0 Å². The van der Waals surface area contributed by atoms with E-state index in [1.807, 2.05) is 0 Å². The highest BCUT2D eigenvalue weighted by molar-refractivity contribution is 5.76. The van der Waals surface area contributed by atoms with Crippen molar-refractivity contribution in [2.45, 2.75) is 50.2 Å². The number of aromatic nitrogens is 4. The summed E-state index contributed by atoms with van der Waals surface area (Å²) in [4.78, 5) is 12.9. The normalized spacial score (nSPS) is 31.6. The minimum atomic E-state index is -2.32. The monoisotopic (exact) mass is 452 g/mol. The summed E-state index contributed by atoms with van der Waals surface area (Å²) in [5.41, 5.74) is -0.0884. The number of anilines is 3. The van der Waals surface area contributed by atoms with Crippen LogP contribution in [0, 0.1) is 17.5 Å². The summed E-state index contributed by atoms with van der Waals surface area (Å²) < 4.78 is 82.0. The minimum Gasteiger partial charge on any atom is -0.393 e. The molecule has 8 nitrogen and oxygen atoms in total. The van der Waals surface area contributed by atoms with E-state index in [4.69, 9.17) is 10.2 Å². The van der Waals surface area contributed by atoms with E-state index in [9.17, 15) is 18.3 Å². The topological polar surface area (TPSA) is 97.1 Å². The van der Waals surface area contributed by atoms with Crippen LogP contribution in [0.1, 0.15) is 43.6 Å². The third kappa shape index (κ3) is 4.09. The van der Waals surface area contributed by atoms with E-state index in [0.717, 1.165) is 0 Å². The van der Waals surface area contributed by atoms with Gasteiger partial charge >= 0.3 is 0 Å². The van der Waals surface area contributed by atoms with Crippen molar-refractivity contribution in [1.29, 1.82) is 0 Å². The zero-order valence-corrected chi connectivity index (χ0v) is 16.8. The number of ether oxygens (including phenoxy) is 1. The molecule has 1 saturated carbocycles. The molecule has 0 spiro atoms. The molecule has 2 fully saturated rings. The lowest BCUT2D eigenvalue weighted by Crippen LogP contribution is -2.29. The molecule has 32 heavy (non-hydrogen) atoms. The van der Waals surface area contributed by atoms with Crippen LogP contribution in [-0.2, 0) is 4.74 Å². The van der Waals surface area contributed by atoms with Crippen molar-refractivity contribution < 1.29 is 28.5 Å². The number of nitrogens with zero attached hydrogens (tertiary/aromatic N) is 4. The molecule has 3 N–H and O–H groups in total. The number of halogens is 3. The summed E-state index contributed by atoms with van der Waals surface area (Å²) >= 11 is 0. The van der Waals surface area contributed by atoms with Crippen molar-refractivity contribution in [3.05, 3.63) is 35.8 Å². The maximum atomic E-state index is 14.3. The number of hydrogen-bond donors (Lipinski definition) is 3. The summed E-state index contributed by atoms with van der Waals surface area (Å²) in [6.07, 6.45) is -3.49. The molecular formula is C21H23F3N6O2. The number of rotatable bonds is 5. The first-order valence-corrected chi connectivity index (χ1v) is 10.1. The van der Waals surface area contributed by atoms with E-state index >= 15 is 0 Å². The number of nitrogens with one attached hydrogen (secondary N) is 2. The Hall–Kier alpha value is -2.92. The largest absolute Gasteiger partial charge is 0.393 e. The first kappa shape index (κ1) is 16.7. The maximum absolute atomic E-state index is 14.3. The van der Waals surface area contributed by atoms with Gasteiger partial charge in [-0.3, -0.25) is 4.57 Å². The van der Waals surface area contributed by atoms with Gasteiger partial charge in [0, 0.05) is 28.9 Å². The molecule has 3 aromatic rings. The molecule has 0 amide bonds. The first-order valence-electron chi connectivity index (χ1n) is 12.2. The van der Waals surface area contributed by atoms with Gasteiger partial charge in [-0.25, -0.2) is 23.1 Å². The third-order valence-electron chi connectivity index (χ3n) is 5.36. The minimum absolute atomic E-state index is 0.0190. The lowest BCUT2D eigenvalue weighted by Gasteiger charge is -2.26. The fourth-order valence-electron chi connectivity index (χ4n) is 3.77. The number of hydrogen-bond acceptors (Lipinski definition) is 7. The molecule has 3 heterocycles. The van der Waals surface area contributed by atoms with Crippen LogP contribution in [-0.4, -0.2) is 50.0 Å². The highest BCUT2D eigenvalue weighted by Gasteiger charge is 2.27. The second kappa shape index (κ2) is 8.55. The maximum Gasteiger partial charge on any atom is 0.224 e. The fourth-order valence-corrected chi connectivity index (χ4v) is 3.77. The molecule has 2 aromatic heterocycles. The summed E-state index contributed by atoms with van der Waals surface area (Å²) in [5, 5.41) is 15.2. The van der Waals surface area contributed by atoms with Crippen LogP contribution in [0.2, 0.25) is 0 Å². The van der Waals surface area contributed by atoms with E-state index in [2.05, 4.69) is 25.6 Å². The Kier molecular flexibility index (Phi) is 4.45. The number of benzene rings is 1. The highest BCUT2D eigenvalue weighted by atomic mass is 19.1. The molecule has 170 valence electrons. The molecule has 1 saturated heterocycles. The Balaban J connectivity index is 1.54. The quantitative estimate of drug-likeness (QED) is 0.544. The van der Waals surface area contributed by atoms with Gasteiger partial charge in [0.1, 0.15) is 17.0 Å². The predicted molar refractivity (Wildman–Crippen MR) is 111 cm³/mol. The molecule has 2 aliphatic rings. The smallest absolute Gasteiger partial charge is 0.224 e. The molecular weight excluding hydrogens is 425 g/mol. The summed E-state index contributed by atoms with van der Waals surface area (Å²) in [7, 11) is 0. The Labute approximate surface area is 187 Å². The zero-order valence-electron chi connectivity index (χ0n) is 20.8. The number of fused-ring (bicyclic) bond motifs is 1. The average molecular weight is 452 g/mol. The molecule has 11 heteroatoms. The van der Waals surface area contributed by atoms with Crippen molar-refractivity contribution in [1.82, 2.24) is 19.5 Å². The lowest BCUT2D eigenvalue weighted by atomic mass is 9.93. The zero-order chi connectivity index (χ0) is 25.8. The summed E-state index contributed by atoms with van der Waals surface area (Å²) in [6, 6.07) is -1.04. The van der Waals surface area contributed by atoms with Gasteiger partial charge in [0.25, 0.3) is 0 Å². The van der Waals surface area contributed by atoms with Gasteiger partial charge < -0.3 is 20.5 Å². The third-order valence-corrected chi connectivity index (χ3v) is 5.36. The first-order chi connectivity index (χ1) is 17.0. The van der Waals surface area contributed by atoms with Crippen molar-refractivity contribution in [3.63, 3.8) is 0 Å². The van der Waals surface area contributed by atoms with E-state index in [1.54, 1.807) is 4.57 Å². The van der Waals surface area contributed by atoms with Crippen LogP contribution >= 0.6 is 0 Å². The Morgan fingerprint density at radius 3 is 2.75 bits per heavy atom. The molecule has 0 radical (unpaired) electrons. The average Bonchev–Trinajstić information content (AvgIpc) is 3.45. The van der Waals surface area contributed by atoms with Gasteiger partial charge in [0.15, 0.2) is 17.3 Å². The van der Waals surface area contributed by atoms with E-state index in [-0.39, 0.29) is 48.6 Å². The molecule has 5 rings (SSSR count). The second-order valence-electron chi connectivity index (χ2n) is 7.61. The van der Waals surface area contributed by atoms with Gasteiger partial charge in [-0.2, -0.15) is 4.98 Å². The molecule has 4 atom stereocenters. The van der Waals surface area contributed by atoms with Crippen LogP contribution in [0.25, 0.3) is 11.2 Å². The molecule has 1 aromatic carbocycles. The number of imidazole rings is 1. The highest BCUT2D eigenvalue weighted by Crippen LogP contribution is 2.32. The van der Waals surface area contributed by atoms with Crippen molar-refractivity contribution >= 4 is 28.7 Å². The lowest BCUT2D eigenvalue weighted by molar-refractivity contribution is 0.126. The van der Waals surface area contributed by atoms with E-state index < -0.39 is 48.0 Å². The van der Waals surface area contributed by atoms with Crippen LogP contribution in [0.3, 0.4) is 0 Å². The SMILES string of the molecule is [2H]C1C([2H])(Nc2ncc3nc(Nc4c(F)cc(F)cc4F)n(C4CCOC4)c3n2)CCC(O)C1([2H])[2H]. The standard InChI is InChI=1S/C21H23F3N6O2/c22-11-7-15(23)18(16(24)8-11)28-21-27-17-9-25-20(26-12-1-3-14(31)4-2-12)29-19(17)30(21)13-5-6-32-10-13/h7-9,12-14,31H,1-6,10H2,(H,27,28)(H,25,26,29)/i1D,3D2,12D.